The number of aryl methyl sites for hydroxylation is 1. The summed E-state index contributed by atoms with van der Waals surface area (Å²) in [6.45, 7) is 1.98. The van der Waals surface area contributed by atoms with Crippen LogP contribution in [0.15, 0.2) is 72.8 Å². The van der Waals surface area contributed by atoms with E-state index in [1.807, 2.05) is 49.5 Å². The van der Waals surface area contributed by atoms with Crippen molar-refractivity contribution in [3.05, 3.63) is 106 Å². The molecule has 1 aliphatic heterocycles. The second kappa shape index (κ2) is 8.70. The minimum absolute atomic E-state index is 0.269. The summed E-state index contributed by atoms with van der Waals surface area (Å²) in [5.41, 5.74) is 5.90. The fourth-order valence-electron chi connectivity index (χ4n) is 3.55. The zero-order valence-electron chi connectivity index (χ0n) is 16.7. The highest BCUT2D eigenvalue weighted by Crippen LogP contribution is 2.27. The summed E-state index contributed by atoms with van der Waals surface area (Å²) in [6.07, 6.45) is 1.84. The molecule has 2 N–H and O–H groups in total. The average Bonchev–Trinajstić information content (AvgIpc) is 3.05. The van der Waals surface area contributed by atoms with Crippen molar-refractivity contribution < 1.29 is 18.7 Å². The summed E-state index contributed by atoms with van der Waals surface area (Å²) in [4.78, 5) is 25.6. The van der Waals surface area contributed by atoms with Crippen LogP contribution in [0.1, 0.15) is 33.1 Å². The zero-order valence-corrected chi connectivity index (χ0v) is 17.4. The first-order chi connectivity index (χ1) is 14.9. The van der Waals surface area contributed by atoms with E-state index >= 15 is 0 Å². The van der Waals surface area contributed by atoms with Crippen molar-refractivity contribution >= 4 is 29.6 Å². The Labute approximate surface area is 184 Å². The van der Waals surface area contributed by atoms with Crippen molar-refractivity contribution in [3.8, 4) is 0 Å². The molecule has 1 aliphatic rings. The third kappa shape index (κ3) is 4.49. The van der Waals surface area contributed by atoms with Crippen molar-refractivity contribution in [2.24, 2.45) is 0 Å². The third-order valence-electron chi connectivity index (χ3n) is 5.21. The molecule has 156 valence electrons. The van der Waals surface area contributed by atoms with Gasteiger partial charge in [0.1, 0.15) is 5.82 Å². The molecule has 0 spiro atoms. The maximum Gasteiger partial charge on any atom is 0.304 e. The van der Waals surface area contributed by atoms with Crippen LogP contribution in [-0.2, 0) is 4.79 Å². The number of halogens is 2. The number of amides is 2. The molecule has 0 unspecified atom stereocenters. The van der Waals surface area contributed by atoms with Crippen molar-refractivity contribution in [2.75, 3.05) is 0 Å². The number of nitrogens with one attached hydrogen (secondary N) is 2. The van der Waals surface area contributed by atoms with Crippen molar-refractivity contribution in [2.45, 2.75) is 19.0 Å². The Bertz CT molecular complexity index is 1160. The molecule has 2 amide bonds. The van der Waals surface area contributed by atoms with E-state index in [0.717, 1.165) is 16.7 Å². The second-order valence-electron chi connectivity index (χ2n) is 7.32. The van der Waals surface area contributed by atoms with Gasteiger partial charge in [0.15, 0.2) is 6.04 Å². The van der Waals surface area contributed by atoms with Crippen LogP contribution in [0, 0.1) is 12.7 Å². The maximum absolute atomic E-state index is 13.2. The van der Waals surface area contributed by atoms with Crippen LogP contribution in [0.5, 0.6) is 0 Å². The average molecular weight is 437 g/mol. The molecule has 1 heterocycles. The van der Waals surface area contributed by atoms with Crippen molar-refractivity contribution in [1.29, 1.82) is 0 Å². The fourth-order valence-corrected chi connectivity index (χ4v) is 3.67. The summed E-state index contributed by atoms with van der Waals surface area (Å²) in [7, 11) is 0. The van der Waals surface area contributed by atoms with E-state index in [4.69, 9.17) is 11.6 Å². The predicted octanol–water partition coefficient (Wildman–Crippen LogP) is 3.80. The lowest BCUT2D eigenvalue weighted by atomic mass is 9.99. The SMILES string of the molecule is Cc1ccccc1/C=[N+]1\NC(=O)[C@H](NC(=O)c2ccc(F)cc2)[C@H]1c1ccc(Cl)cc1. The number of rotatable bonds is 4. The van der Waals surface area contributed by atoms with Gasteiger partial charge in [-0.1, -0.05) is 41.9 Å². The van der Waals surface area contributed by atoms with E-state index in [9.17, 15) is 14.0 Å². The molecule has 0 aliphatic carbocycles. The highest BCUT2D eigenvalue weighted by atomic mass is 35.5. The van der Waals surface area contributed by atoms with E-state index in [-0.39, 0.29) is 11.5 Å². The Morgan fingerprint density at radius 3 is 2.42 bits per heavy atom. The Morgan fingerprint density at radius 1 is 1.06 bits per heavy atom. The first-order valence-corrected chi connectivity index (χ1v) is 10.1. The summed E-state index contributed by atoms with van der Waals surface area (Å²) < 4.78 is 14.9. The number of nitrogens with zero attached hydrogens (tertiary/aromatic N) is 1. The fraction of sp³-hybridized carbons (Fsp3) is 0.125. The highest BCUT2D eigenvalue weighted by Gasteiger charge is 2.47. The third-order valence-corrected chi connectivity index (χ3v) is 5.46. The monoisotopic (exact) mass is 436 g/mol. The van der Waals surface area contributed by atoms with Gasteiger partial charge < -0.3 is 5.32 Å². The molecular formula is C24H20ClFN3O2+. The Balaban J connectivity index is 1.71. The summed E-state index contributed by atoms with van der Waals surface area (Å²) in [5.74, 6) is -1.25. The molecule has 3 aromatic rings. The molecule has 0 radical (unpaired) electrons. The van der Waals surface area contributed by atoms with Gasteiger partial charge in [-0.05, 0) is 55.0 Å². The minimum Gasteiger partial charge on any atom is -0.334 e. The molecule has 5 nitrogen and oxygen atoms in total. The Morgan fingerprint density at radius 2 is 1.74 bits per heavy atom. The van der Waals surface area contributed by atoms with Gasteiger partial charge in [-0.2, -0.15) is 0 Å². The second-order valence-corrected chi connectivity index (χ2v) is 7.76. The van der Waals surface area contributed by atoms with Crippen LogP contribution in [0.2, 0.25) is 5.02 Å². The molecule has 31 heavy (non-hydrogen) atoms. The van der Waals surface area contributed by atoms with Gasteiger partial charge in [0.2, 0.25) is 12.3 Å². The first-order valence-electron chi connectivity index (χ1n) is 9.73. The topological polar surface area (TPSA) is 61.2 Å². The lowest BCUT2D eigenvalue weighted by Crippen LogP contribution is -2.42. The smallest absolute Gasteiger partial charge is 0.304 e. The summed E-state index contributed by atoms with van der Waals surface area (Å²) >= 11 is 6.04. The molecule has 0 aromatic heterocycles. The normalized spacial score (nSPS) is 19.3. The molecule has 7 heteroatoms. The van der Waals surface area contributed by atoms with Crippen LogP contribution in [-0.4, -0.2) is 28.8 Å². The van der Waals surface area contributed by atoms with E-state index in [0.29, 0.717) is 5.02 Å². The largest absolute Gasteiger partial charge is 0.334 e. The summed E-state index contributed by atoms with van der Waals surface area (Å²) in [5, 5.41) is 3.36. The van der Waals surface area contributed by atoms with Crippen LogP contribution < -0.4 is 10.7 Å². The lowest BCUT2D eigenvalue weighted by Gasteiger charge is -2.15. The molecule has 4 rings (SSSR count). The van der Waals surface area contributed by atoms with Crippen molar-refractivity contribution in [3.63, 3.8) is 0 Å². The molecule has 2 atom stereocenters. The van der Waals surface area contributed by atoms with Gasteiger partial charge in [-0.25, -0.2) is 4.39 Å². The van der Waals surface area contributed by atoms with E-state index in [1.54, 1.807) is 16.8 Å². The zero-order chi connectivity index (χ0) is 22.0. The number of carbonyl (C=O) groups is 2. The Hall–Kier alpha value is -3.51. The van der Waals surface area contributed by atoms with Gasteiger partial charge in [-0.15, -0.1) is 10.1 Å². The van der Waals surface area contributed by atoms with E-state index < -0.39 is 23.8 Å². The van der Waals surface area contributed by atoms with Gasteiger partial charge in [0.05, 0.1) is 0 Å². The molecule has 3 aromatic carbocycles. The van der Waals surface area contributed by atoms with Crippen LogP contribution in [0.4, 0.5) is 4.39 Å². The molecule has 1 saturated heterocycles. The molecule has 0 saturated carbocycles. The first kappa shape index (κ1) is 20.8. The van der Waals surface area contributed by atoms with E-state index in [2.05, 4.69) is 10.7 Å². The van der Waals surface area contributed by atoms with E-state index in [1.165, 1.54) is 24.3 Å². The standard InChI is InChI=1S/C24H19ClFN3O2/c1-15-4-2-3-5-18(15)14-29-22(16-6-10-19(25)11-7-16)21(24(31)28-29)27-23(30)17-8-12-20(26)13-9-17/h2-14,21-22H,1H3,(H-,27,28,30,31)/p+1/b29-14-/t21-,22-/m1/s1. The van der Waals surface area contributed by atoms with Crippen LogP contribution in [0.25, 0.3) is 0 Å². The minimum atomic E-state index is -0.862. The van der Waals surface area contributed by atoms with Crippen LogP contribution >= 0.6 is 11.6 Å². The number of hydrogen-bond donors (Lipinski definition) is 2. The number of hydrazine groups is 1. The van der Waals surface area contributed by atoms with Crippen LogP contribution in [0.3, 0.4) is 0 Å². The number of benzene rings is 3. The number of hydrazone groups is 1. The summed E-state index contributed by atoms with van der Waals surface area (Å²) in [6, 6.07) is 18.7. The van der Waals surface area contributed by atoms with Gasteiger partial charge in [0, 0.05) is 21.7 Å². The molecule has 0 bridgehead atoms. The van der Waals surface area contributed by atoms with Crippen molar-refractivity contribution in [1.82, 2.24) is 10.7 Å². The molecule has 1 fully saturated rings. The van der Waals surface area contributed by atoms with Gasteiger partial charge in [0.25, 0.3) is 5.91 Å². The number of carbonyl (C=O) groups excluding carboxylic acids is 2. The van der Waals surface area contributed by atoms with Gasteiger partial charge in [-0.3, -0.25) is 9.59 Å². The number of hydrogen-bond acceptors (Lipinski definition) is 2. The quantitative estimate of drug-likeness (QED) is 0.611. The Kier molecular flexibility index (Phi) is 5.82. The predicted molar refractivity (Wildman–Crippen MR) is 117 cm³/mol. The lowest BCUT2D eigenvalue weighted by molar-refractivity contribution is -0.596. The molecular weight excluding hydrogens is 417 g/mol. The maximum atomic E-state index is 13.2. The van der Waals surface area contributed by atoms with Gasteiger partial charge >= 0.3 is 5.91 Å². The highest BCUT2D eigenvalue weighted by molar-refractivity contribution is 6.30.